The molecule has 2 aliphatic rings. The molecule has 3 rings (SSSR count). The summed E-state index contributed by atoms with van der Waals surface area (Å²) in [6.07, 6.45) is 16.1. The molecule has 0 aromatic carbocycles. The van der Waals surface area contributed by atoms with Gasteiger partial charge in [-0.3, -0.25) is 5.10 Å². The number of nitrogens with one attached hydrogen (secondary N) is 3. The molecule has 1 fully saturated rings. The average molecular weight is 270 g/mol. The van der Waals surface area contributed by atoms with Crippen molar-refractivity contribution >= 4 is 17.3 Å². The maximum absolute atomic E-state index is 11.8. The lowest BCUT2D eigenvalue weighted by molar-refractivity contribution is 0.251. The van der Waals surface area contributed by atoms with Gasteiger partial charge in [-0.05, 0) is 31.3 Å². The number of nitrogens with zero attached hydrogens (tertiary/aromatic N) is 1. The highest BCUT2D eigenvalue weighted by molar-refractivity contribution is 5.93. The summed E-state index contributed by atoms with van der Waals surface area (Å²) >= 11 is 0. The first kappa shape index (κ1) is 12.7. The number of urea groups is 1. The molecule has 1 aromatic heterocycles. The van der Waals surface area contributed by atoms with Crippen molar-refractivity contribution in [3.8, 4) is 0 Å². The van der Waals surface area contributed by atoms with Crippen LogP contribution in [0.1, 0.15) is 31.4 Å². The SMILES string of the molecule is O=C(Nc1cn[nH]c1C1=CCC/C=C/C=C1)NC1CC1. The molecule has 1 saturated carbocycles. The molecule has 20 heavy (non-hydrogen) atoms. The molecule has 1 aromatic rings. The van der Waals surface area contributed by atoms with Gasteiger partial charge < -0.3 is 10.6 Å². The highest BCUT2D eigenvalue weighted by atomic mass is 16.2. The van der Waals surface area contributed by atoms with Gasteiger partial charge in [0.2, 0.25) is 0 Å². The Morgan fingerprint density at radius 1 is 1.30 bits per heavy atom. The number of anilines is 1. The summed E-state index contributed by atoms with van der Waals surface area (Å²) < 4.78 is 0. The number of hydrogen-bond acceptors (Lipinski definition) is 2. The molecule has 0 saturated heterocycles. The molecular weight excluding hydrogens is 252 g/mol. The molecule has 104 valence electrons. The fourth-order valence-corrected chi connectivity index (χ4v) is 2.09. The predicted molar refractivity (Wildman–Crippen MR) is 79.3 cm³/mol. The van der Waals surface area contributed by atoms with E-state index in [4.69, 9.17) is 0 Å². The number of aromatic nitrogens is 2. The zero-order chi connectivity index (χ0) is 13.8. The lowest BCUT2D eigenvalue weighted by Gasteiger charge is -2.08. The Bertz CT molecular complexity index is 578. The Morgan fingerprint density at radius 3 is 3.05 bits per heavy atom. The summed E-state index contributed by atoms with van der Waals surface area (Å²) in [5.74, 6) is 0. The topological polar surface area (TPSA) is 69.8 Å². The minimum atomic E-state index is -0.162. The summed E-state index contributed by atoms with van der Waals surface area (Å²) in [7, 11) is 0. The molecular formula is C15H18N4O. The van der Waals surface area contributed by atoms with Crippen LogP contribution in [-0.4, -0.2) is 22.3 Å². The van der Waals surface area contributed by atoms with Crippen molar-refractivity contribution in [2.75, 3.05) is 5.32 Å². The van der Waals surface area contributed by atoms with Gasteiger partial charge in [0.15, 0.2) is 0 Å². The third kappa shape index (κ3) is 3.17. The highest BCUT2D eigenvalue weighted by Crippen LogP contribution is 2.24. The number of allylic oxidation sites excluding steroid dienone is 6. The number of amides is 2. The van der Waals surface area contributed by atoms with Gasteiger partial charge in [0.05, 0.1) is 17.6 Å². The molecule has 2 aliphatic carbocycles. The van der Waals surface area contributed by atoms with Crippen molar-refractivity contribution in [2.24, 2.45) is 0 Å². The Labute approximate surface area is 117 Å². The van der Waals surface area contributed by atoms with Gasteiger partial charge in [0.25, 0.3) is 0 Å². The minimum absolute atomic E-state index is 0.162. The van der Waals surface area contributed by atoms with E-state index in [0.717, 1.165) is 37.0 Å². The van der Waals surface area contributed by atoms with Crippen LogP contribution in [0.25, 0.3) is 5.57 Å². The summed E-state index contributed by atoms with van der Waals surface area (Å²) in [5.41, 5.74) is 2.61. The van der Waals surface area contributed by atoms with Crippen molar-refractivity contribution in [1.29, 1.82) is 0 Å². The van der Waals surface area contributed by atoms with Gasteiger partial charge in [0, 0.05) is 6.04 Å². The van der Waals surface area contributed by atoms with Gasteiger partial charge >= 0.3 is 6.03 Å². The van der Waals surface area contributed by atoms with E-state index >= 15 is 0 Å². The summed E-state index contributed by atoms with van der Waals surface area (Å²) in [6.45, 7) is 0. The van der Waals surface area contributed by atoms with Crippen LogP contribution >= 0.6 is 0 Å². The van der Waals surface area contributed by atoms with Gasteiger partial charge in [0.1, 0.15) is 0 Å². The second-order valence-electron chi connectivity index (χ2n) is 5.06. The standard InChI is InChI=1S/C15H18N4O/c20-15(17-12-8-9-12)18-13-10-16-19-14(13)11-6-4-2-1-3-5-7-11/h1-2,4,6-7,10,12H,3,5,8-9H2,(H,16,19)(H2,17,18,20)/b2-1+,6-4?,11-7?. The molecule has 0 spiro atoms. The van der Waals surface area contributed by atoms with Gasteiger partial charge in [-0.1, -0.05) is 30.4 Å². The summed E-state index contributed by atoms with van der Waals surface area (Å²) in [5, 5.41) is 12.8. The predicted octanol–water partition coefficient (Wildman–Crippen LogP) is 2.98. The molecule has 0 radical (unpaired) electrons. The van der Waals surface area contributed by atoms with Gasteiger partial charge in [-0.2, -0.15) is 5.10 Å². The second kappa shape index (κ2) is 5.77. The monoisotopic (exact) mass is 270 g/mol. The molecule has 2 amide bonds. The van der Waals surface area contributed by atoms with Crippen LogP contribution in [0.2, 0.25) is 0 Å². The largest absolute Gasteiger partial charge is 0.335 e. The van der Waals surface area contributed by atoms with Crippen LogP contribution in [0.3, 0.4) is 0 Å². The molecule has 1 heterocycles. The van der Waals surface area contributed by atoms with Crippen LogP contribution in [0.4, 0.5) is 10.5 Å². The van der Waals surface area contributed by atoms with Crippen LogP contribution in [-0.2, 0) is 0 Å². The Hall–Kier alpha value is -2.30. The molecule has 0 atom stereocenters. The van der Waals surface area contributed by atoms with Crippen molar-refractivity contribution < 1.29 is 4.79 Å². The normalized spacial score (nSPS) is 19.7. The van der Waals surface area contributed by atoms with E-state index in [2.05, 4.69) is 33.0 Å². The third-order valence-electron chi connectivity index (χ3n) is 3.31. The van der Waals surface area contributed by atoms with Crippen molar-refractivity contribution in [3.05, 3.63) is 42.3 Å². The molecule has 3 N–H and O–H groups in total. The van der Waals surface area contributed by atoms with Crippen LogP contribution in [0.5, 0.6) is 0 Å². The Kier molecular flexibility index (Phi) is 3.67. The minimum Gasteiger partial charge on any atom is -0.335 e. The first-order valence-corrected chi connectivity index (χ1v) is 6.97. The highest BCUT2D eigenvalue weighted by Gasteiger charge is 2.23. The van der Waals surface area contributed by atoms with E-state index in [1.165, 1.54) is 0 Å². The first-order valence-electron chi connectivity index (χ1n) is 6.97. The first-order chi connectivity index (χ1) is 9.83. The molecule has 5 nitrogen and oxygen atoms in total. The van der Waals surface area contributed by atoms with E-state index in [1.807, 2.05) is 18.2 Å². The molecule has 0 unspecified atom stereocenters. The van der Waals surface area contributed by atoms with E-state index in [0.29, 0.717) is 11.7 Å². The number of aromatic amines is 1. The summed E-state index contributed by atoms with van der Waals surface area (Å²) in [6, 6.07) is 0.182. The fraction of sp³-hybridized carbons (Fsp3) is 0.333. The smallest absolute Gasteiger partial charge is 0.319 e. The zero-order valence-corrected chi connectivity index (χ0v) is 11.2. The summed E-state index contributed by atoms with van der Waals surface area (Å²) in [4.78, 5) is 11.8. The van der Waals surface area contributed by atoms with Crippen molar-refractivity contribution in [2.45, 2.75) is 31.7 Å². The third-order valence-corrected chi connectivity index (χ3v) is 3.31. The second-order valence-corrected chi connectivity index (χ2v) is 5.06. The number of rotatable bonds is 3. The van der Waals surface area contributed by atoms with E-state index in [1.54, 1.807) is 6.20 Å². The van der Waals surface area contributed by atoms with E-state index in [9.17, 15) is 4.79 Å². The Balaban J connectivity index is 1.74. The number of carbonyl (C=O) groups is 1. The van der Waals surface area contributed by atoms with Crippen LogP contribution in [0.15, 0.2) is 36.6 Å². The van der Waals surface area contributed by atoms with Gasteiger partial charge in [-0.15, -0.1) is 0 Å². The average Bonchev–Trinajstić information content (AvgIpc) is 3.07. The quantitative estimate of drug-likeness (QED) is 0.790. The number of hydrogen-bond donors (Lipinski definition) is 3. The maximum atomic E-state index is 11.8. The molecule has 0 aliphatic heterocycles. The van der Waals surface area contributed by atoms with E-state index in [-0.39, 0.29) is 6.03 Å². The van der Waals surface area contributed by atoms with Crippen LogP contribution in [0, 0.1) is 0 Å². The van der Waals surface area contributed by atoms with Crippen molar-refractivity contribution in [3.63, 3.8) is 0 Å². The zero-order valence-electron chi connectivity index (χ0n) is 11.2. The fourth-order valence-electron chi connectivity index (χ4n) is 2.09. The van der Waals surface area contributed by atoms with Crippen molar-refractivity contribution in [1.82, 2.24) is 15.5 Å². The Morgan fingerprint density at radius 2 is 2.20 bits per heavy atom. The number of H-pyrrole nitrogens is 1. The number of carbonyl (C=O) groups excluding carboxylic acids is 1. The van der Waals surface area contributed by atoms with Crippen LogP contribution < -0.4 is 10.6 Å². The lowest BCUT2D eigenvalue weighted by Crippen LogP contribution is -2.30. The van der Waals surface area contributed by atoms with E-state index < -0.39 is 0 Å². The molecule has 0 bridgehead atoms. The maximum Gasteiger partial charge on any atom is 0.319 e. The van der Waals surface area contributed by atoms with Gasteiger partial charge in [-0.25, -0.2) is 4.79 Å². The lowest BCUT2D eigenvalue weighted by atomic mass is 10.1. The molecule has 5 heteroatoms.